The van der Waals surface area contributed by atoms with Crippen molar-refractivity contribution in [2.24, 2.45) is 0 Å². The van der Waals surface area contributed by atoms with Crippen LogP contribution in [0.15, 0.2) is 72.8 Å². The smallest absolute Gasteiger partial charge is 0.244 e. The second kappa shape index (κ2) is 14.4. The lowest BCUT2D eigenvalue weighted by molar-refractivity contribution is -0.140. The molecule has 224 valence electrons. The summed E-state index contributed by atoms with van der Waals surface area (Å²) in [7, 11) is -3.89. The summed E-state index contributed by atoms with van der Waals surface area (Å²) in [5.41, 5.74) is 2.57. The second-order valence-corrected chi connectivity index (χ2v) is 13.7. The van der Waals surface area contributed by atoms with E-state index in [4.69, 9.17) is 23.2 Å². The summed E-state index contributed by atoms with van der Waals surface area (Å²) in [4.78, 5) is 29.7. The highest BCUT2D eigenvalue weighted by Gasteiger charge is 2.34. The molecule has 10 heteroatoms. The Labute approximate surface area is 258 Å². The summed E-state index contributed by atoms with van der Waals surface area (Å²) < 4.78 is 27.1. The lowest BCUT2D eigenvalue weighted by Crippen LogP contribution is -2.55. The van der Waals surface area contributed by atoms with Crippen molar-refractivity contribution in [1.29, 1.82) is 0 Å². The molecule has 4 rings (SSSR count). The van der Waals surface area contributed by atoms with Gasteiger partial charge in [-0.15, -0.1) is 0 Å². The molecule has 0 heterocycles. The van der Waals surface area contributed by atoms with E-state index in [-0.39, 0.29) is 24.9 Å². The molecule has 3 aromatic carbocycles. The van der Waals surface area contributed by atoms with Gasteiger partial charge in [-0.25, -0.2) is 8.42 Å². The van der Waals surface area contributed by atoms with Crippen molar-refractivity contribution in [3.05, 3.63) is 99.5 Å². The number of sulfonamides is 1. The number of anilines is 1. The van der Waals surface area contributed by atoms with Crippen molar-refractivity contribution in [3.8, 4) is 0 Å². The van der Waals surface area contributed by atoms with Gasteiger partial charge >= 0.3 is 0 Å². The minimum Gasteiger partial charge on any atom is -0.352 e. The van der Waals surface area contributed by atoms with Crippen LogP contribution in [0.2, 0.25) is 10.0 Å². The Morgan fingerprint density at radius 2 is 1.57 bits per heavy atom. The van der Waals surface area contributed by atoms with Crippen molar-refractivity contribution in [3.63, 3.8) is 0 Å². The van der Waals surface area contributed by atoms with E-state index in [1.54, 1.807) is 37.3 Å². The van der Waals surface area contributed by atoms with Crippen LogP contribution in [0.4, 0.5) is 5.69 Å². The van der Waals surface area contributed by atoms with Crippen LogP contribution in [0, 0.1) is 6.92 Å². The first-order chi connectivity index (χ1) is 20.0. The number of hydrogen-bond acceptors (Lipinski definition) is 4. The summed E-state index contributed by atoms with van der Waals surface area (Å²) in [5.74, 6) is -0.773. The molecule has 1 atom stereocenters. The van der Waals surface area contributed by atoms with Crippen LogP contribution in [0.3, 0.4) is 0 Å². The van der Waals surface area contributed by atoms with Crippen molar-refractivity contribution in [1.82, 2.24) is 10.2 Å². The normalized spacial score (nSPS) is 14.7. The average Bonchev–Trinajstić information content (AvgIpc) is 2.95. The van der Waals surface area contributed by atoms with Crippen LogP contribution < -0.4 is 9.62 Å². The van der Waals surface area contributed by atoms with Gasteiger partial charge in [-0.3, -0.25) is 13.9 Å². The first-order valence-corrected chi connectivity index (χ1v) is 16.7. The van der Waals surface area contributed by atoms with E-state index in [2.05, 4.69) is 5.32 Å². The topological polar surface area (TPSA) is 86.8 Å². The third-order valence-electron chi connectivity index (χ3n) is 7.58. The number of carbonyl (C=O) groups is 2. The minimum atomic E-state index is -3.89. The largest absolute Gasteiger partial charge is 0.352 e. The van der Waals surface area contributed by atoms with Crippen molar-refractivity contribution in [2.45, 2.75) is 64.1 Å². The predicted octanol–water partition coefficient (Wildman–Crippen LogP) is 6.16. The molecule has 0 spiro atoms. The Balaban J connectivity index is 1.74. The lowest BCUT2D eigenvalue weighted by atomic mass is 9.94. The van der Waals surface area contributed by atoms with E-state index in [1.165, 1.54) is 11.0 Å². The molecule has 3 aromatic rings. The van der Waals surface area contributed by atoms with Gasteiger partial charge < -0.3 is 10.2 Å². The van der Waals surface area contributed by atoms with Crippen molar-refractivity contribution in [2.75, 3.05) is 17.1 Å². The van der Waals surface area contributed by atoms with Gasteiger partial charge in [-0.1, -0.05) is 91.0 Å². The van der Waals surface area contributed by atoms with Gasteiger partial charge in [0.2, 0.25) is 21.8 Å². The van der Waals surface area contributed by atoms with Crippen LogP contribution in [0.5, 0.6) is 0 Å². The first-order valence-electron chi connectivity index (χ1n) is 14.1. The highest BCUT2D eigenvalue weighted by molar-refractivity contribution is 7.92. The monoisotopic (exact) mass is 629 g/mol. The zero-order valence-corrected chi connectivity index (χ0v) is 26.3. The number of amides is 2. The number of benzene rings is 3. The molecule has 42 heavy (non-hydrogen) atoms. The molecular formula is C32H37Cl2N3O4S. The minimum absolute atomic E-state index is 0.0364. The van der Waals surface area contributed by atoms with Gasteiger partial charge in [0.05, 0.1) is 11.9 Å². The zero-order valence-electron chi connectivity index (χ0n) is 23.9. The van der Waals surface area contributed by atoms with Gasteiger partial charge in [0.1, 0.15) is 12.6 Å². The molecular weight excluding hydrogens is 593 g/mol. The van der Waals surface area contributed by atoms with Crippen LogP contribution >= 0.6 is 23.2 Å². The lowest BCUT2D eigenvalue weighted by Gasteiger charge is -2.35. The summed E-state index contributed by atoms with van der Waals surface area (Å²) in [6.45, 7) is 1.33. The predicted molar refractivity (Wildman–Crippen MR) is 169 cm³/mol. The molecule has 0 bridgehead atoms. The molecule has 2 amide bonds. The molecule has 1 aliphatic rings. The summed E-state index contributed by atoms with van der Waals surface area (Å²) >= 11 is 12.5. The van der Waals surface area contributed by atoms with E-state index in [0.717, 1.165) is 53.8 Å². The highest BCUT2D eigenvalue weighted by Crippen LogP contribution is 2.27. The van der Waals surface area contributed by atoms with Crippen LogP contribution in [-0.4, -0.2) is 50.0 Å². The second-order valence-electron chi connectivity index (χ2n) is 10.9. The molecule has 1 aliphatic carbocycles. The summed E-state index contributed by atoms with van der Waals surface area (Å²) in [6.07, 6.45) is 6.33. The Hall–Kier alpha value is -3.07. The maximum absolute atomic E-state index is 14.3. The average molecular weight is 631 g/mol. The molecule has 1 saturated carbocycles. The number of hydrogen-bond donors (Lipinski definition) is 1. The SMILES string of the molecule is Cc1ccc(Cl)cc1N(CC(=O)N(Cc1cccc(Cl)c1)[C@@H](Cc1ccccc1)C(=O)NC1CCCCC1)S(C)(=O)=O. The fourth-order valence-corrected chi connectivity index (χ4v) is 6.65. The van der Waals surface area contributed by atoms with E-state index in [9.17, 15) is 18.0 Å². The van der Waals surface area contributed by atoms with Crippen molar-refractivity contribution >= 4 is 50.7 Å². The fourth-order valence-electron chi connectivity index (χ4n) is 5.38. The number of nitrogens with zero attached hydrogens (tertiary/aromatic N) is 2. The van der Waals surface area contributed by atoms with Gasteiger partial charge in [0.25, 0.3) is 0 Å². The molecule has 0 aliphatic heterocycles. The van der Waals surface area contributed by atoms with Gasteiger partial charge in [0, 0.05) is 29.1 Å². The third kappa shape index (κ3) is 8.72. The zero-order chi connectivity index (χ0) is 30.3. The number of rotatable bonds is 11. The third-order valence-corrected chi connectivity index (χ3v) is 9.18. The van der Waals surface area contributed by atoms with E-state index in [1.807, 2.05) is 36.4 Å². The maximum atomic E-state index is 14.3. The van der Waals surface area contributed by atoms with E-state index < -0.39 is 28.5 Å². The summed E-state index contributed by atoms with van der Waals surface area (Å²) in [6, 6.07) is 20.7. The number of nitrogens with one attached hydrogen (secondary N) is 1. The number of halogens is 2. The van der Waals surface area contributed by atoms with Crippen molar-refractivity contribution < 1.29 is 18.0 Å². The molecule has 0 unspecified atom stereocenters. The van der Waals surface area contributed by atoms with Crippen LogP contribution in [-0.2, 0) is 32.6 Å². The molecule has 1 fully saturated rings. The quantitative estimate of drug-likeness (QED) is 0.275. The molecule has 1 N–H and O–H groups in total. The summed E-state index contributed by atoms with van der Waals surface area (Å²) in [5, 5.41) is 4.04. The Morgan fingerprint density at radius 3 is 2.24 bits per heavy atom. The Morgan fingerprint density at radius 1 is 0.905 bits per heavy atom. The number of carbonyl (C=O) groups excluding carboxylic acids is 2. The fraction of sp³-hybridized carbons (Fsp3) is 0.375. The molecule has 0 radical (unpaired) electrons. The van der Waals surface area contributed by atoms with E-state index in [0.29, 0.717) is 21.3 Å². The Kier molecular flexibility index (Phi) is 10.9. The molecule has 7 nitrogen and oxygen atoms in total. The standard InChI is InChI=1S/C32H37Cl2N3O4S/c1-23-16-17-27(34)20-29(23)37(42(2,40)41)22-31(38)36(21-25-12-9-13-26(33)18-25)30(19-24-10-5-3-6-11-24)32(39)35-28-14-7-4-8-15-28/h3,5-6,9-13,16-18,20,28,30H,4,7-8,14-15,19,21-22H2,1-2H3,(H,35,39)/t30-/m0/s1. The molecule has 0 aromatic heterocycles. The van der Waals surface area contributed by atoms with Crippen LogP contribution in [0.1, 0.15) is 48.8 Å². The first kappa shape index (κ1) is 31.9. The van der Waals surface area contributed by atoms with Gasteiger partial charge in [-0.05, 0) is 60.7 Å². The van der Waals surface area contributed by atoms with Crippen LogP contribution in [0.25, 0.3) is 0 Å². The molecule has 0 saturated heterocycles. The highest BCUT2D eigenvalue weighted by atomic mass is 35.5. The Bertz CT molecular complexity index is 1490. The number of aryl methyl sites for hydroxylation is 1. The van der Waals surface area contributed by atoms with Gasteiger partial charge in [0.15, 0.2) is 0 Å². The van der Waals surface area contributed by atoms with Gasteiger partial charge in [-0.2, -0.15) is 0 Å². The van der Waals surface area contributed by atoms with E-state index >= 15 is 0 Å². The maximum Gasteiger partial charge on any atom is 0.244 e.